The van der Waals surface area contributed by atoms with Crippen molar-refractivity contribution in [1.82, 2.24) is 0 Å². The molecule has 1 radical (unpaired) electrons. The molecule has 0 aromatic heterocycles. The van der Waals surface area contributed by atoms with E-state index >= 15 is 0 Å². The molecule has 0 atom stereocenters. The minimum absolute atomic E-state index is 0.485. The van der Waals surface area contributed by atoms with Crippen LogP contribution in [0.25, 0.3) is 0 Å². The van der Waals surface area contributed by atoms with Gasteiger partial charge in [-0.15, -0.1) is 22.2 Å². The fraction of sp³-hybridized carbons (Fsp3) is 1.00. The Balaban J connectivity index is 2.99. The Morgan fingerprint density at radius 3 is 1.50 bits per heavy atom. The topological polar surface area (TPSA) is 0 Å². The van der Waals surface area contributed by atoms with Crippen LogP contribution in [0.3, 0.4) is 0 Å². The molecular weight excluding hydrogens is 135 g/mol. The molecule has 0 aliphatic carbocycles. The van der Waals surface area contributed by atoms with Crippen molar-refractivity contribution in [3.8, 4) is 0 Å². The average molecular weight is 142 g/mol. The zero-order valence-corrected chi connectivity index (χ0v) is 6.35. The second-order valence-corrected chi connectivity index (χ2v) is 6.20. The van der Waals surface area contributed by atoms with Gasteiger partial charge in [-0.3, -0.25) is 0 Å². The number of hydrogen-bond donors (Lipinski definition) is 0. The SMILES string of the molecule is CC(C)[Si](Cl)Cl. The molecule has 3 heteroatoms. The Bertz CT molecular complexity index is 29.8. The lowest BCUT2D eigenvalue weighted by atomic mass is 10.6. The van der Waals surface area contributed by atoms with Gasteiger partial charge in [-0.25, -0.2) is 0 Å². The van der Waals surface area contributed by atoms with Crippen molar-refractivity contribution < 1.29 is 0 Å². The van der Waals surface area contributed by atoms with Crippen LogP contribution in [-0.2, 0) is 0 Å². The lowest BCUT2D eigenvalue weighted by Crippen LogP contribution is -1.96. The van der Waals surface area contributed by atoms with Gasteiger partial charge in [0.05, 0.1) is 0 Å². The lowest BCUT2D eigenvalue weighted by Gasteiger charge is -1.96. The van der Waals surface area contributed by atoms with E-state index in [1.54, 1.807) is 0 Å². The predicted octanol–water partition coefficient (Wildman–Crippen LogP) is 2.36. The summed E-state index contributed by atoms with van der Waals surface area (Å²) in [7, 11) is -1.01. The second-order valence-electron chi connectivity index (χ2n) is 1.44. The van der Waals surface area contributed by atoms with Crippen LogP contribution < -0.4 is 0 Å². The summed E-state index contributed by atoms with van der Waals surface area (Å²) in [6.45, 7) is 4.04. The first-order valence-corrected chi connectivity index (χ1v) is 5.42. The van der Waals surface area contributed by atoms with Crippen LogP contribution in [0.4, 0.5) is 0 Å². The highest BCUT2D eigenvalue weighted by Crippen LogP contribution is 2.13. The third-order valence-electron chi connectivity index (χ3n) is 0.436. The van der Waals surface area contributed by atoms with Crippen LogP contribution in [0.15, 0.2) is 0 Å². The van der Waals surface area contributed by atoms with E-state index < -0.39 is 7.42 Å². The summed E-state index contributed by atoms with van der Waals surface area (Å²) in [5.74, 6) is 0. The number of rotatable bonds is 1. The molecule has 0 aliphatic heterocycles. The second kappa shape index (κ2) is 2.89. The minimum Gasteiger partial charge on any atom is -0.146 e. The van der Waals surface area contributed by atoms with Crippen LogP contribution in [0.1, 0.15) is 13.8 Å². The maximum absolute atomic E-state index is 5.48. The van der Waals surface area contributed by atoms with Crippen molar-refractivity contribution in [3.63, 3.8) is 0 Å². The largest absolute Gasteiger partial charge is 0.276 e. The molecule has 0 aromatic carbocycles. The first-order valence-electron chi connectivity index (χ1n) is 1.82. The normalized spacial score (nSPS) is 11.0. The Labute approximate surface area is 49.5 Å². The van der Waals surface area contributed by atoms with Crippen LogP contribution in [0.5, 0.6) is 0 Å². The smallest absolute Gasteiger partial charge is 0.146 e. The maximum Gasteiger partial charge on any atom is 0.276 e. The summed E-state index contributed by atoms with van der Waals surface area (Å²) in [5, 5.41) is 0. The van der Waals surface area contributed by atoms with E-state index in [2.05, 4.69) is 0 Å². The quantitative estimate of drug-likeness (QED) is 0.389. The molecular formula is C3H7Cl2Si. The molecule has 0 amide bonds. The highest BCUT2D eigenvalue weighted by Gasteiger charge is 2.06. The van der Waals surface area contributed by atoms with Gasteiger partial charge in [0.2, 0.25) is 0 Å². The van der Waals surface area contributed by atoms with Gasteiger partial charge in [0.1, 0.15) is 0 Å². The lowest BCUT2D eigenvalue weighted by molar-refractivity contribution is 1.07. The molecule has 0 rings (SSSR count). The molecule has 0 bridgehead atoms. The molecule has 0 aliphatic rings. The van der Waals surface area contributed by atoms with Crippen LogP contribution >= 0.6 is 22.2 Å². The molecule has 37 valence electrons. The fourth-order valence-corrected chi connectivity index (χ4v) is 0. The zero-order valence-electron chi connectivity index (χ0n) is 3.83. The minimum atomic E-state index is -1.01. The summed E-state index contributed by atoms with van der Waals surface area (Å²) in [6.07, 6.45) is 0. The maximum atomic E-state index is 5.48. The monoisotopic (exact) mass is 141 g/mol. The van der Waals surface area contributed by atoms with E-state index in [4.69, 9.17) is 22.2 Å². The van der Waals surface area contributed by atoms with E-state index in [1.807, 2.05) is 13.8 Å². The number of hydrogen-bond acceptors (Lipinski definition) is 0. The molecule has 0 nitrogen and oxygen atoms in total. The van der Waals surface area contributed by atoms with E-state index in [9.17, 15) is 0 Å². The highest BCUT2D eigenvalue weighted by molar-refractivity contribution is 7.34. The standard InChI is InChI=1S/C3H7Cl2Si/c1-3(2)6(4)5/h3H,1-2H3. The van der Waals surface area contributed by atoms with E-state index in [0.717, 1.165) is 0 Å². The summed E-state index contributed by atoms with van der Waals surface area (Å²) in [6, 6.07) is 0. The number of halogens is 2. The van der Waals surface area contributed by atoms with Crippen molar-refractivity contribution in [2.45, 2.75) is 19.4 Å². The van der Waals surface area contributed by atoms with Crippen LogP contribution in [0, 0.1) is 0 Å². The molecule has 0 saturated carbocycles. The van der Waals surface area contributed by atoms with Gasteiger partial charge in [0, 0.05) is 0 Å². The van der Waals surface area contributed by atoms with Crippen molar-refractivity contribution in [3.05, 3.63) is 0 Å². The fourth-order valence-electron chi connectivity index (χ4n) is 0. The van der Waals surface area contributed by atoms with Crippen molar-refractivity contribution in [2.75, 3.05) is 0 Å². The summed E-state index contributed by atoms with van der Waals surface area (Å²) in [5.41, 5.74) is 0.485. The third kappa shape index (κ3) is 3.01. The summed E-state index contributed by atoms with van der Waals surface area (Å²) >= 11 is 11.0. The Hall–Kier alpha value is 0.797. The highest BCUT2D eigenvalue weighted by atomic mass is 35.7. The Kier molecular flexibility index (Phi) is 3.27. The van der Waals surface area contributed by atoms with Crippen molar-refractivity contribution in [1.29, 1.82) is 0 Å². The molecule has 6 heavy (non-hydrogen) atoms. The Morgan fingerprint density at radius 2 is 1.50 bits per heavy atom. The van der Waals surface area contributed by atoms with Gasteiger partial charge in [0.15, 0.2) is 0 Å². The van der Waals surface area contributed by atoms with Gasteiger partial charge < -0.3 is 0 Å². The molecule has 0 heterocycles. The molecule has 0 spiro atoms. The van der Waals surface area contributed by atoms with Crippen LogP contribution in [0.2, 0.25) is 5.54 Å². The van der Waals surface area contributed by atoms with E-state index in [1.165, 1.54) is 0 Å². The Morgan fingerprint density at radius 1 is 1.33 bits per heavy atom. The first-order chi connectivity index (χ1) is 2.64. The predicted molar refractivity (Wildman–Crippen MR) is 32.6 cm³/mol. The molecule has 0 saturated heterocycles. The van der Waals surface area contributed by atoms with Crippen molar-refractivity contribution >= 4 is 29.6 Å². The zero-order chi connectivity index (χ0) is 5.15. The van der Waals surface area contributed by atoms with Gasteiger partial charge in [-0.2, -0.15) is 0 Å². The average Bonchev–Trinajstić information content (AvgIpc) is 1.36. The summed E-state index contributed by atoms with van der Waals surface area (Å²) < 4.78 is 0. The van der Waals surface area contributed by atoms with Crippen LogP contribution in [-0.4, -0.2) is 7.42 Å². The van der Waals surface area contributed by atoms with Crippen molar-refractivity contribution in [2.24, 2.45) is 0 Å². The van der Waals surface area contributed by atoms with Gasteiger partial charge in [-0.1, -0.05) is 13.8 Å². The third-order valence-corrected chi connectivity index (χ3v) is 3.93. The molecule has 0 fully saturated rings. The summed E-state index contributed by atoms with van der Waals surface area (Å²) in [4.78, 5) is 0. The molecule has 0 unspecified atom stereocenters. The first kappa shape index (κ1) is 6.80. The molecule has 0 aromatic rings. The van der Waals surface area contributed by atoms with Gasteiger partial charge >= 0.3 is 0 Å². The van der Waals surface area contributed by atoms with Gasteiger partial charge in [0.25, 0.3) is 7.42 Å². The van der Waals surface area contributed by atoms with E-state index in [0.29, 0.717) is 5.54 Å². The van der Waals surface area contributed by atoms with E-state index in [-0.39, 0.29) is 0 Å². The molecule has 0 N–H and O–H groups in total. The van der Waals surface area contributed by atoms with Gasteiger partial charge in [-0.05, 0) is 5.54 Å².